The van der Waals surface area contributed by atoms with Gasteiger partial charge in [-0.25, -0.2) is 4.79 Å². The number of hydrogen-bond donors (Lipinski definition) is 1. The van der Waals surface area contributed by atoms with Crippen LogP contribution in [0.3, 0.4) is 0 Å². The average molecular weight is 262 g/mol. The van der Waals surface area contributed by atoms with Crippen molar-refractivity contribution in [2.75, 3.05) is 0 Å². The molecule has 1 heterocycles. The smallest absolute Gasteiger partial charge is 0.393 e. The van der Waals surface area contributed by atoms with Crippen LogP contribution in [0.15, 0.2) is 28.7 Å². The molecule has 0 aliphatic carbocycles. The Balaban J connectivity index is 1.96. The van der Waals surface area contributed by atoms with E-state index in [9.17, 15) is 4.79 Å². The van der Waals surface area contributed by atoms with Crippen molar-refractivity contribution in [3.05, 3.63) is 41.6 Å². The van der Waals surface area contributed by atoms with Crippen LogP contribution in [0.2, 0.25) is 0 Å². The Hall–Kier alpha value is -2.37. The molecule has 2 aromatic rings. The Morgan fingerprint density at radius 2 is 2.00 bits per heavy atom. The Kier molecular flexibility index (Phi) is 3.79. The zero-order valence-corrected chi connectivity index (χ0v) is 10.7. The maximum atomic E-state index is 10.6. The molecule has 19 heavy (non-hydrogen) atoms. The molecule has 100 valence electrons. The van der Waals surface area contributed by atoms with E-state index in [0.717, 1.165) is 0 Å². The van der Waals surface area contributed by atoms with Gasteiger partial charge in [0.05, 0.1) is 0 Å². The summed E-state index contributed by atoms with van der Waals surface area (Å²) in [5.74, 6) is -0.429. The molecule has 0 aliphatic heterocycles. The van der Waals surface area contributed by atoms with E-state index in [4.69, 9.17) is 14.3 Å². The second-order valence-corrected chi connectivity index (χ2v) is 4.32. The van der Waals surface area contributed by atoms with Crippen LogP contribution in [-0.4, -0.2) is 21.3 Å². The number of ether oxygens (including phenoxy) is 1. The Bertz CT molecular complexity index is 560. The van der Waals surface area contributed by atoms with Crippen molar-refractivity contribution >= 4 is 5.97 Å². The molecule has 1 aromatic carbocycles. The lowest BCUT2D eigenvalue weighted by molar-refractivity contribution is 0.0649. The van der Waals surface area contributed by atoms with Crippen molar-refractivity contribution in [1.29, 1.82) is 0 Å². The number of carbonyl (C=O) groups is 1. The Morgan fingerprint density at radius 3 is 2.53 bits per heavy atom. The molecule has 0 radical (unpaired) electrons. The molecule has 0 saturated carbocycles. The highest BCUT2D eigenvalue weighted by molar-refractivity contribution is 5.81. The molecule has 0 atom stereocenters. The van der Waals surface area contributed by atoms with Gasteiger partial charge in [-0.1, -0.05) is 26.0 Å². The van der Waals surface area contributed by atoms with Crippen LogP contribution in [0.4, 0.5) is 0 Å². The van der Waals surface area contributed by atoms with Crippen LogP contribution in [0, 0.1) is 0 Å². The highest BCUT2D eigenvalue weighted by Crippen LogP contribution is 2.19. The van der Waals surface area contributed by atoms with E-state index in [1.54, 1.807) is 0 Å². The second-order valence-electron chi connectivity index (χ2n) is 4.32. The summed E-state index contributed by atoms with van der Waals surface area (Å²) in [6.45, 7) is 4.27. The van der Waals surface area contributed by atoms with Gasteiger partial charge in [0.15, 0.2) is 6.61 Å². The number of nitrogens with zero attached hydrogens (tertiary/aromatic N) is 2. The third kappa shape index (κ3) is 3.31. The summed E-state index contributed by atoms with van der Waals surface area (Å²) in [6.07, 6.45) is 0. The van der Waals surface area contributed by atoms with Crippen LogP contribution in [0.5, 0.6) is 5.75 Å². The van der Waals surface area contributed by atoms with E-state index in [1.807, 2.05) is 24.3 Å². The molecule has 0 spiro atoms. The van der Waals surface area contributed by atoms with E-state index in [-0.39, 0.29) is 12.5 Å². The number of hydrogen-bond acceptors (Lipinski definition) is 5. The van der Waals surface area contributed by atoms with Crippen molar-refractivity contribution in [3.8, 4) is 5.75 Å². The summed E-state index contributed by atoms with van der Waals surface area (Å²) in [5.41, 5.74) is 1.22. The molecule has 0 bridgehead atoms. The molecule has 2 rings (SSSR count). The van der Waals surface area contributed by atoms with E-state index in [0.29, 0.717) is 11.7 Å². The van der Waals surface area contributed by atoms with Crippen LogP contribution in [-0.2, 0) is 6.61 Å². The largest absolute Gasteiger partial charge is 0.484 e. The van der Waals surface area contributed by atoms with Gasteiger partial charge in [-0.05, 0) is 23.6 Å². The summed E-state index contributed by atoms with van der Waals surface area (Å²) in [5, 5.41) is 15.6. The lowest BCUT2D eigenvalue weighted by Crippen LogP contribution is -1.96. The average Bonchev–Trinajstić information content (AvgIpc) is 2.86. The van der Waals surface area contributed by atoms with Gasteiger partial charge in [0.2, 0.25) is 0 Å². The first-order valence-corrected chi connectivity index (χ1v) is 5.84. The van der Waals surface area contributed by atoms with Gasteiger partial charge >= 0.3 is 11.9 Å². The topological polar surface area (TPSA) is 85.5 Å². The van der Waals surface area contributed by atoms with Crippen molar-refractivity contribution in [1.82, 2.24) is 10.2 Å². The quantitative estimate of drug-likeness (QED) is 0.890. The third-order valence-corrected chi connectivity index (χ3v) is 2.56. The normalized spacial score (nSPS) is 10.7. The number of aromatic nitrogens is 2. The monoisotopic (exact) mass is 262 g/mol. The number of benzene rings is 1. The number of rotatable bonds is 5. The zero-order valence-electron chi connectivity index (χ0n) is 10.7. The van der Waals surface area contributed by atoms with Crippen LogP contribution >= 0.6 is 0 Å². The molecule has 0 fully saturated rings. The van der Waals surface area contributed by atoms with E-state index < -0.39 is 11.9 Å². The van der Waals surface area contributed by atoms with Gasteiger partial charge in [0.25, 0.3) is 5.89 Å². The summed E-state index contributed by atoms with van der Waals surface area (Å²) >= 11 is 0. The Morgan fingerprint density at radius 1 is 1.32 bits per heavy atom. The number of carboxylic acids is 1. The lowest BCUT2D eigenvalue weighted by atomic mass is 10.0. The summed E-state index contributed by atoms with van der Waals surface area (Å²) in [6, 6.07) is 7.67. The molecule has 1 aromatic heterocycles. The van der Waals surface area contributed by atoms with Crippen LogP contribution in [0.25, 0.3) is 0 Å². The molecule has 1 N–H and O–H groups in total. The van der Waals surface area contributed by atoms with Gasteiger partial charge in [-0.3, -0.25) is 0 Å². The fourth-order valence-electron chi connectivity index (χ4n) is 1.49. The maximum Gasteiger partial charge on any atom is 0.393 e. The van der Waals surface area contributed by atoms with Crippen LogP contribution < -0.4 is 4.74 Å². The minimum Gasteiger partial charge on any atom is -0.484 e. The molecular formula is C13H14N2O4. The predicted octanol–water partition coefficient (Wildman–Crippen LogP) is 2.47. The fraction of sp³-hybridized carbons (Fsp3) is 0.308. The van der Waals surface area contributed by atoms with Gasteiger partial charge in [0.1, 0.15) is 5.75 Å². The molecule has 0 saturated heterocycles. The molecular weight excluding hydrogens is 248 g/mol. The standard InChI is InChI=1S/C13H14N2O4/c1-8(2)9-3-5-10(6-4-9)18-7-11-14-15-12(19-11)13(16)17/h3-6,8H,7H2,1-2H3,(H,16,17). The van der Waals surface area contributed by atoms with Gasteiger partial charge < -0.3 is 14.3 Å². The molecule has 6 heteroatoms. The van der Waals surface area contributed by atoms with Crippen molar-refractivity contribution < 1.29 is 19.1 Å². The van der Waals surface area contributed by atoms with Crippen LogP contribution in [0.1, 0.15) is 41.9 Å². The van der Waals surface area contributed by atoms with E-state index in [1.165, 1.54) is 5.56 Å². The first kappa shape index (κ1) is 13.1. The highest BCUT2D eigenvalue weighted by Gasteiger charge is 2.13. The number of carboxylic acid groups (broad SMARTS) is 1. The fourth-order valence-corrected chi connectivity index (χ4v) is 1.49. The molecule has 0 amide bonds. The molecule has 0 unspecified atom stereocenters. The lowest BCUT2D eigenvalue weighted by Gasteiger charge is -2.07. The second kappa shape index (κ2) is 5.51. The van der Waals surface area contributed by atoms with E-state index >= 15 is 0 Å². The summed E-state index contributed by atoms with van der Waals surface area (Å²) in [4.78, 5) is 10.6. The minimum atomic E-state index is -1.25. The SMILES string of the molecule is CC(C)c1ccc(OCc2nnc(C(=O)O)o2)cc1. The zero-order chi connectivity index (χ0) is 13.8. The van der Waals surface area contributed by atoms with E-state index in [2.05, 4.69) is 24.0 Å². The van der Waals surface area contributed by atoms with Gasteiger partial charge in [-0.15, -0.1) is 10.2 Å². The minimum absolute atomic E-state index is 0.0430. The maximum absolute atomic E-state index is 10.6. The van der Waals surface area contributed by atoms with Crippen molar-refractivity contribution in [2.24, 2.45) is 0 Å². The van der Waals surface area contributed by atoms with Crippen molar-refractivity contribution in [2.45, 2.75) is 26.4 Å². The number of aromatic carboxylic acids is 1. The first-order chi connectivity index (χ1) is 9.06. The predicted molar refractivity (Wildman–Crippen MR) is 66.1 cm³/mol. The first-order valence-electron chi connectivity index (χ1n) is 5.84. The highest BCUT2D eigenvalue weighted by atomic mass is 16.5. The Labute approximate surface area is 110 Å². The summed E-state index contributed by atoms with van der Waals surface area (Å²) < 4.78 is 10.3. The summed E-state index contributed by atoms with van der Waals surface area (Å²) in [7, 11) is 0. The van der Waals surface area contributed by atoms with Gasteiger partial charge in [-0.2, -0.15) is 0 Å². The van der Waals surface area contributed by atoms with Crippen molar-refractivity contribution in [3.63, 3.8) is 0 Å². The molecule has 6 nitrogen and oxygen atoms in total. The third-order valence-electron chi connectivity index (χ3n) is 2.56. The molecule has 0 aliphatic rings. The van der Waals surface area contributed by atoms with Gasteiger partial charge in [0, 0.05) is 0 Å².